The third-order valence-corrected chi connectivity index (χ3v) is 1.72. The minimum absolute atomic E-state index is 0.261. The Morgan fingerprint density at radius 1 is 1.38 bits per heavy atom. The van der Waals surface area contributed by atoms with Crippen LogP contribution in [0.2, 0.25) is 0 Å². The lowest BCUT2D eigenvalue weighted by Gasteiger charge is -2.11. The van der Waals surface area contributed by atoms with Crippen molar-refractivity contribution < 1.29 is 26.7 Å². The van der Waals surface area contributed by atoms with E-state index in [0.29, 0.717) is 6.20 Å². The number of amides is 1. The van der Waals surface area contributed by atoms with E-state index in [4.69, 9.17) is 5.73 Å². The third-order valence-electron chi connectivity index (χ3n) is 1.72. The van der Waals surface area contributed by atoms with Crippen LogP contribution < -0.4 is 5.73 Å². The molecule has 1 rings (SSSR count). The second-order valence-corrected chi connectivity index (χ2v) is 2.82. The largest absolute Gasteiger partial charge is 0.418 e. The molecule has 0 aromatic carbocycles. The van der Waals surface area contributed by atoms with Crippen LogP contribution in [-0.2, 0) is 6.18 Å². The number of hydrogen-bond acceptors (Lipinski definition) is 2. The molecule has 1 amide bonds. The number of primary amides is 1. The van der Waals surface area contributed by atoms with Gasteiger partial charge in [0.25, 0.3) is 6.43 Å². The molecule has 88 valence electrons. The predicted molar refractivity (Wildman–Crippen MR) is 42.7 cm³/mol. The fourth-order valence-corrected chi connectivity index (χ4v) is 1.01. The molecule has 0 saturated heterocycles. The second-order valence-electron chi connectivity index (χ2n) is 2.82. The van der Waals surface area contributed by atoms with Crippen molar-refractivity contribution in [2.45, 2.75) is 12.6 Å². The number of carbonyl (C=O) groups is 1. The number of rotatable bonds is 2. The first-order chi connectivity index (χ1) is 7.23. The standard InChI is InChI=1S/C8H5F5N2O/c9-6(10)5-4(8(11,12)13)1-3(2-15-5)7(14)16/h1-2,6H,(H2,14,16). The molecule has 16 heavy (non-hydrogen) atoms. The molecule has 0 radical (unpaired) electrons. The Balaban J connectivity index is 3.39. The lowest BCUT2D eigenvalue weighted by atomic mass is 10.1. The van der Waals surface area contributed by atoms with Crippen LogP contribution in [0.1, 0.15) is 28.0 Å². The summed E-state index contributed by atoms with van der Waals surface area (Å²) in [5.41, 5.74) is 1.07. The van der Waals surface area contributed by atoms with Crippen LogP contribution in [0.25, 0.3) is 0 Å². The Labute approximate surface area is 86.1 Å². The zero-order chi connectivity index (χ0) is 12.5. The zero-order valence-corrected chi connectivity index (χ0v) is 7.55. The van der Waals surface area contributed by atoms with Crippen molar-refractivity contribution >= 4 is 5.91 Å². The molecule has 0 bridgehead atoms. The van der Waals surface area contributed by atoms with Crippen molar-refractivity contribution in [2.75, 3.05) is 0 Å². The minimum atomic E-state index is -5.01. The van der Waals surface area contributed by atoms with Gasteiger partial charge in [-0.15, -0.1) is 0 Å². The van der Waals surface area contributed by atoms with Gasteiger partial charge in [0, 0.05) is 6.20 Å². The molecule has 0 saturated carbocycles. The van der Waals surface area contributed by atoms with Gasteiger partial charge in [0.2, 0.25) is 5.91 Å². The number of carbonyl (C=O) groups excluding carboxylic acids is 1. The van der Waals surface area contributed by atoms with Gasteiger partial charge >= 0.3 is 6.18 Å². The maximum absolute atomic E-state index is 12.3. The summed E-state index contributed by atoms with van der Waals surface area (Å²) in [5.74, 6) is -1.17. The van der Waals surface area contributed by atoms with E-state index in [1.165, 1.54) is 0 Å². The highest BCUT2D eigenvalue weighted by Crippen LogP contribution is 2.35. The summed E-state index contributed by atoms with van der Waals surface area (Å²) in [6, 6.07) is 0.261. The Morgan fingerprint density at radius 2 is 1.94 bits per heavy atom. The first-order valence-corrected chi connectivity index (χ1v) is 3.88. The lowest BCUT2D eigenvalue weighted by molar-refractivity contribution is -0.139. The summed E-state index contributed by atoms with van der Waals surface area (Å²) in [5, 5.41) is 0. The number of nitrogens with two attached hydrogens (primary N) is 1. The molecular weight excluding hydrogens is 235 g/mol. The average Bonchev–Trinajstić information content (AvgIpc) is 2.15. The first-order valence-electron chi connectivity index (χ1n) is 3.88. The van der Waals surface area contributed by atoms with E-state index in [1.807, 2.05) is 0 Å². The van der Waals surface area contributed by atoms with Crippen molar-refractivity contribution in [3.05, 3.63) is 29.1 Å². The summed E-state index contributed by atoms with van der Waals surface area (Å²) in [6.45, 7) is 0. The maximum atomic E-state index is 12.3. The van der Waals surface area contributed by atoms with Gasteiger partial charge in [-0.25, -0.2) is 8.78 Å². The molecule has 8 heteroatoms. The first kappa shape index (κ1) is 12.3. The summed E-state index contributed by atoms with van der Waals surface area (Å²) < 4.78 is 61.4. The number of hydrogen-bond donors (Lipinski definition) is 1. The van der Waals surface area contributed by atoms with E-state index in [9.17, 15) is 26.7 Å². The van der Waals surface area contributed by atoms with Gasteiger partial charge in [-0.1, -0.05) is 0 Å². The van der Waals surface area contributed by atoms with Gasteiger partial charge in [-0.05, 0) is 6.07 Å². The monoisotopic (exact) mass is 240 g/mol. The molecule has 2 N–H and O–H groups in total. The van der Waals surface area contributed by atoms with E-state index in [2.05, 4.69) is 4.98 Å². The molecule has 0 fully saturated rings. The van der Waals surface area contributed by atoms with Crippen LogP contribution >= 0.6 is 0 Å². The quantitative estimate of drug-likeness (QED) is 0.805. The Kier molecular flexibility index (Phi) is 3.11. The normalized spacial score (nSPS) is 11.9. The Hall–Kier alpha value is -1.73. The molecular formula is C8H5F5N2O. The highest BCUT2D eigenvalue weighted by molar-refractivity contribution is 5.92. The Bertz CT molecular complexity index is 415. The number of pyridine rings is 1. The molecule has 0 aliphatic rings. The molecule has 0 aliphatic carbocycles. The fraction of sp³-hybridized carbons (Fsp3) is 0.250. The van der Waals surface area contributed by atoms with Crippen molar-refractivity contribution in [3.63, 3.8) is 0 Å². The van der Waals surface area contributed by atoms with Gasteiger partial charge in [-0.2, -0.15) is 13.2 Å². The van der Waals surface area contributed by atoms with E-state index in [-0.39, 0.29) is 6.07 Å². The van der Waals surface area contributed by atoms with Gasteiger partial charge in [-0.3, -0.25) is 9.78 Å². The van der Waals surface area contributed by atoms with Crippen LogP contribution in [0.5, 0.6) is 0 Å². The molecule has 3 nitrogen and oxygen atoms in total. The highest BCUT2D eigenvalue weighted by atomic mass is 19.4. The van der Waals surface area contributed by atoms with Crippen LogP contribution in [0.3, 0.4) is 0 Å². The van der Waals surface area contributed by atoms with Crippen LogP contribution in [0, 0.1) is 0 Å². The topological polar surface area (TPSA) is 56.0 Å². The van der Waals surface area contributed by atoms with Crippen molar-refractivity contribution in [1.82, 2.24) is 4.98 Å². The van der Waals surface area contributed by atoms with Gasteiger partial charge in [0.1, 0.15) is 5.69 Å². The molecule has 1 aromatic heterocycles. The van der Waals surface area contributed by atoms with Crippen LogP contribution in [0.15, 0.2) is 12.3 Å². The van der Waals surface area contributed by atoms with Crippen molar-refractivity contribution in [1.29, 1.82) is 0 Å². The van der Waals surface area contributed by atoms with E-state index in [0.717, 1.165) is 0 Å². The fourth-order valence-electron chi connectivity index (χ4n) is 1.01. The van der Waals surface area contributed by atoms with Gasteiger partial charge in [0.05, 0.1) is 11.1 Å². The maximum Gasteiger partial charge on any atom is 0.418 e. The summed E-state index contributed by atoms with van der Waals surface area (Å²) in [4.78, 5) is 13.5. The van der Waals surface area contributed by atoms with E-state index in [1.54, 1.807) is 0 Å². The van der Waals surface area contributed by atoms with Crippen molar-refractivity contribution in [3.8, 4) is 0 Å². The number of nitrogens with zero attached hydrogens (tertiary/aromatic N) is 1. The Morgan fingerprint density at radius 3 is 2.31 bits per heavy atom. The third kappa shape index (κ3) is 2.44. The average molecular weight is 240 g/mol. The van der Waals surface area contributed by atoms with Gasteiger partial charge in [0.15, 0.2) is 0 Å². The molecule has 0 aliphatic heterocycles. The summed E-state index contributed by atoms with van der Waals surface area (Å²) >= 11 is 0. The molecule has 1 aromatic rings. The molecule has 0 spiro atoms. The van der Waals surface area contributed by atoms with Crippen molar-refractivity contribution in [2.24, 2.45) is 5.73 Å². The predicted octanol–water partition coefficient (Wildman–Crippen LogP) is 2.14. The van der Waals surface area contributed by atoms with E-state index < -0.39 is 35.3 Å². The lowest BCUT2D eigenvalue weighted by Crippen LogP contribution is -2.17. The smallest absolute Gasteiger partial charge is 0.366 e. The highest BCUT2D eigenvalue weighted by Gasteiger charge is 2.37. The summed E-state index contributed by atoms with van der Waals surface area (Å²) in [6.07, 6.45) is -7.80. The molecule has 1 heterocycles. The number of aromatic nitrogens is 1. The number of alkyl halides is 5. The van der Waals surface area contributed by atoms with Crippen LogP contribution in [0.4, 0.5) is 22.0 Å². The second kappa shape index (κ2) is 4.03. The molecule has 0 unspecified atom stereocenters. The number of halogens is 5. The van der Waals surface area contributed by atoms with Gasteiger partial charge < -0.3 is 5.73 Å². The summed E-state index contributed by atoms with van der Waals surface area (Å²) in [7, 11) is 0. The SMILES string of the molecule is NC(=O)c1cnc(C(F)F)c(C(F)(F)F)c1. The zero-order valence-electron chi connectivity index (χ0n) is 7.55. The van der Waals surface area contributed by atoms with Crippen LogP contribution in [-0.4, -0.2) is 10.9 Å². The van der Waals surface area contributed by atoms with E-state index >= 15 is 0 Å². The molecule has 0 atom stereocenters. The minimum Gasteiger partial charge on any atom is -0.366 e.